The number of likely N-dealkylation sites (tertiary alicyclic amines) is 1. The molecule has 34 heavy (non-hydrogen) atoms. The van der Waals surface area contributed by atoms with Crippen LogP contribution >= 0.6 is 11.6 Å². The summed E-state index contributed by atoms with van der Waals surface area (Å²) in [5.74, 6) is 7.74. The molecule has 1 aliphatic heterocycles. The number of nitrogens with one attached hydrogen (secondary N) is 2. The SMILES string of the molecule is CN(C)C/C=C/C(=O)N1CCC(Nc2ncnc3nc(C#CCOc4ccc(Cl)cc4)[nH]c23)C1. The Morgan fingerprint density at radius 1 is 1.35 bits per heavy atom. The molecule has 176 valence electrons. The number of halogens is 1. The number of aromatic amines is 1. The molecule has 3 heterocycles. The molecule has 9 nitrogen and oxygen atoms in total. The molecular weight excluding hydrogens is 454 g/mol. The van der Waals surface area contributed by atoms with E-state index in [-0.39, 0.29) is 18.6 Å². The maximum absolute atomic E-state index is 12.4. The Morgan fingerprint density at radius 3 is 2.97 bits per heavy atom. The van der Waals surface area contributed by atoms with Crippen LogP contribution in [0.4, 0.5) is 5.82 Å². The van der Waals surface area contributed by atoms with E-state index in [9.17, 15) is 4.79 Å². The van der Waals surface area contributed by atoms with Crippen LogP contribution in [0.5, 0.6) is 5.75 Å². The van der Waals surface area contributed by atoms with Gasteiger partial charge in [0.25, 0.3) is 0 Å². The molecule has 3 aromatic rings. The highest BCUT2D eigenvalue weighted by atomic mass is 35.5. The molecule has 4 rings (SSSR count). The predicted molar refractivity (Wildman–Crippen MR) is 132 cm³/mol. The van der Waals surface area contributed by atoms with Gasteiger partial charge in [0, 0.05) is 36.8 Å². The lowest BCUT2D eigenvalue weighted by Gasteiger charge is -2.16. The topological polar surface area (TPSA) is 99.3 Å². The van der Waals surface area contributed by atoms with Crippen LogP contribution in [0.15, 0.2) is 42.7 Å². The number of ether oxygens (including phenoxy) is 1. The van der Waals surface area contributed by atoms with Gasteiger partial charge in [-0.3, -0.25) is 4.79 Å². The van der Waals surface area contributed by atoms with Crippen molar-refractivity contribution >= 4 is 34.5 Å². The number of benzene rings is 1. The number of hydrogen-bond donors (Lipinski definition) is 2. The number of rotatable bonds is 7. The van der Waals surface area contributed by atoms with Crippen LogP contribution in [0.1, 0.15) is 12.2 Å². The van der Waals surface area contributed by atoms with Crippen molar-refractivity contribution in [2.75, 3.05) is 45.7 Å². The van der Waals surface area contributed by atoms with Gasteiger partial charge >= 0.3 is 0 Å². The molecule has 0 aliphatic carbocycles. The molecule has 1 aromatic carbocycles. The van der Waals surface area contributed by atoms with Gasteiger partial charge in [0.2, 0.25) is 5.91 Å². The third kappa shape index (κ3) is 6.25. The van der Waals surface area contributed by atoms with Crippen LogP contribution in [0.2, 0.25) is 5.02 Å². The second-order valence-corrected chi connectivity index (χ2v) is 8.57. The number of hydrogen-bond acceptors (Lipinski definition) is 7. The normalized spacial score (nSPS) is 15.6. The summed E-state index contributed by atoms with van der Waals surface area (Å²) in [5, 5.41) is 4.07. The van der Waals surface area contributed by atoms with Crippen molar-refractivity contribution in [3.05, 3.63) is 53.6 Å². The molecule has 2 N–H and O–H groups in total. The largest absolute Gasteiger partial charge is 0.481 e. The van der Waals surface area contributed by atoms with E-state index in [0.717, 1.165) is 13.0 Å². The summed E-state index contributed by atoms with van der Waals surface area (Å²) in [5.41, 5.74) is 1.21. The maximum atomic E-state index is 12.4. The van der Waals surface area contributed by atoms with Gasteiger partial charge in [-0.2, -0.15) is 0 Å². The highest BCUT2D eigenvalue weighted by Gasteiger charge is 2.26. The molecule has 0 saturated carbocycles. The van der Waals surface area contributed by atoms with Gasteiger partial charge in [-0.25, -0.2) is 15.0 Å². The molecule has 2 aromatic heterocycles. The van der Waals surface area contributed by atoms with E-state index < -0.39 is 0 Å². The summed E-state index contributed by atoms with van der Waals surface area (Å²) in [6.45, 7) is 2.26. The monoisotopic (exact) mass is 479 g/mol. The Hall–Kier alpha value is -3.61. The quantitative estimate of drug-likeness (QED) is 0.397. The number of H-pyrrole nitrogens is 1. The zero-order chi connectivity index (χ0) is 23.9. The van der Waals surface area contributed by atoms with E-state index >= 15 is 0 Å². The molecule has 0 radical (unpaired) electrons. The number of anilines is 1. The minimum atomic E-state index is 0.0268. The van der Waals surface area contributed by atoms with Gasteiger partial charge in [-0.1, -0.05) is 23.6 Å². The average Bonchev–Trinajstić information content (AvgIpc) is 3.45. The van der Waals surface area contributed by atoms with E-state index in [1.54, 1.807) is 30.3 Å². The summed E-state index contributed by atoms with van der Waals surface area (Å²) in [4.78, 5) is 32.4. The van der Waals surface area contributed by atoms with Crippen LogP contribution in [-0.2, 0) is 4.79 Å². The number of nitrogens with zero attached hydrogens (tertiary/aromatic N) is 5. The Labute approximate surface area is 203 Å². The highest BCUT2D eigenvalue weighted by Crippen LogP contribution is 2.20. The van der Waals surface area contributed by atoms with Crippen molar-refractivity contribution in [2.45, 2.75) is 12.5 Å². The Balaban J connectivity index is 1.36. The van der Waals surface area contributed by atoms with Crippen LogP contribution in [0.3, 0.4) is 0 Å². The number of amides is 1. The van der Waals surface area contributed by atoms with Gasteiger partial charge in [0.15, 0.2) is 17.3 Å². The second-order valence-electron chi connectivity index (χ2n) is 8.13. The Kier molecular flexibility index (Phi) is 7.62. The lowest BCUT2D eigenvalue weighted by molar-refractivity contribution is -0.125. The van der Waals surface area contributed by atoms with Crippen molar-refractivity contribution in [3.8, 4) is 17.6 Å². The first-order chi connectivity index (χ1) is 16.5. The fourth-order valence-electron chi connectivity index (χ4n) is 3.51. The smallest absolute Gasteiger partial charge is 0.246 e. The number of likely N-dealkylation sites (N-methyl/N-ethyl adjacent to an activating group) is 1. The number of carbonyl (C=O) groups excluding carboxylic acids is 1. The Bertz CT molecular complexity index is 1230. The van der Waals surface area contributed by atoms with E-state index in [2.05, 4.69) is 37.1 Å². The molecule has 0 bridgehead atoms. The van der Waals surface area contributed by atoms with Crippen LogP contribution < -0.4 is 10.1 Å². The number of aromatic nitrogens is 4. The number of carbonyl (C=O) groups is 1. The van der Waals surface area contributed by atoms with Crippen LogP contribution in [0, 0.1) is 11.8 Å². The summed E-state index contributed by atoms with van der Waals surface area (Å²) < 4.78 is 5.58. The molecule has 10 heteroatoms. The first-order valence-corrected chi connectivity index (χ1v) is 11.3. The van der Waals surface area contributed by atoms with E-state index in [1.807, 2.05) is 30.0 Å². The predicted octanol–water partition coefficient (Wildman–Crippen LogP) is 2.57. The molecule has 1 amide bonds. The fraction of sp³-hybridized carbons (Fsp3) is 0.333. The van der Waals surface area contributed by atoms with Gasteiger partial charge < -0.3 is 24.8 Å². The van der Waals surface area contributed by atoms with Crippen LogP contribution in [0.25, 0.3) is 11.2 Å². The molecule has 1 fully saturated rings. The highest BCUT2D eigenvalue weighted by molar-refractivity contribution is 6.30. The first-order valence-electron chi connectivity index (χ1n) is 10.9. The summed E-state index contributed by atoms with van der Waals surface area (Å²) in [7, 11) is 3.93. The number of imidazole rings is 1. The van der Waals surface area contributed by atoms with Crippen molar-refractivity contribution in [3.63, 3.8) is 0 Å². The average molecular weight is 480 g/mol. The summed E-state index contributed by atoms with van der Waals surface area (Å²) in [6.07, 6.45) is 5.82. The van der Waals surface area contributed by atoms with Gasteiger partial charge in [0.05, 0.1) is 0 Å². The second kappa shape index (κ2) is 11.0. The van der Waals surface area contributed by atoms with Crippen molar-refractivity contribution < 1.29 is 9.53 Å². The zero-order valence-electron chi connectivity index (χ0n) is 19.1. The third-order valence-electron chi connectivity index (χ3n) is 5.19. The van der Waals surface area contributed by atoms with E-state index in [4.69, 9.17) is 16.3 Å². The molecule has 0 spiro atoms. The molecule has 1 unspecified atom stereocenters. The minimum absolute atomic E-state index is 0.0268. The van der Waals surface area contributed by atoms with Crippen molar-refractivity contribution in [1.29, 1.82) is 0 Å². The molecule has 1 atom stereocenters. The number of fused-ring (bicyclic) bond motifs is 1. The summed E-state index contributed by atoms with van der Waals surface area (Å²) >= 11 is 5.87. The van der Waals surface area contributed by atoms with Crippen molar-refractivity contribution in [2.24, 2.45) is 0 Å². The molecular formula is C24H26ClN7O2. The van der Waals surface area contributed by atoms with Gasteiger partial charge in [-0.05, 0) is 50.7 Å². The zero-order valence-corrected chi connectivity index (χ0v) is 19.8. The van der Waals surface area contributed by atoms with E-state index in [0.29, 0.717) is 46.7 Å². The lowest BCUT2D eigenvalue weighted by atomic mass is 10.2. The summed E-state index contributed by atoms with van der Waals surface area (Å²) in [6, 6.07) is 7.19. The van der Waals surface area contributed by atoms with Crippen molar-refractivity contribution in [1.82, 2.24) is 29.7 Å². The molecule has 1 aliphatic rings. The van der Waals surface area contributed by atoms with E-state index in [1.165, 1.54) is 6.33 Å². The van der Waals surface area contributed by atoms with Crippen LogP contribution in [-0.4, -0.2) is 82.0 Å². The minimum Gasteiger partial charge on any atom is -0.481 e. The molecule has 1 saturated heterocycles. The first kappa shape index (κ1) is 23.5. The standard InChI is InChI=1S/C24H26ClN7O2/c1-31(2)12-3-6-21(33)32-13-11-18(15-32)28-23-22-24(27-16-26-23)30-20(29-22)5-4-14-34-19-9-7-17(25)8-10-19/h3,6-10,16,18H,11-15H2,1-2H3,(H2,26,27,28,29,30)/b6-3+. The van der Waals surface area contributed by atoms with Gasteiger partial charge in [0.1, 0.15) is 24.2 Å². The lowest BCUT2D eigenvalue weighted by Crippen LogP contribution is -2.30. The van der Waals surface area contributed by atoms with Gasteiger partial charge in [-0.15, -0.1) is 0 Å². The fourth-order valence-corrected chi connectivity index (χ4v) is 3.63. The maximum Gasteiger partial charge on any atom is 0.246 e. The third-order valence-corrected chi connectivity index (χ3v) is 5.44. The Morgan fingerprint density at radius 2 is 2.18 bits per heavy atom.